The predicted octanol–water partition coefficient (Wildman–Crippen LogP) is 6.47. The maximum Gasteiger partial charge on any atom is 0.229 e. The number of fused-ring (bicyclic) bond motifs is 1. The Kier molecular flexibility index (Phi) is 8.61. The molecule has 196 valence electrons. The van der Waals surface area contributed by atoms with Gasteiger partial charge in [-0.15, -0.1) is 0 Å². The Morgan fingerprint density at radius 1 is 1.03 bits per heavy atom. The topological polar surface area (TPSA) is 62.3 Å². The van der Waals surface area contributed by atoms with Gasteiger partial charge in [0.1, 0.15) is 5.02 Å². The second-order valence-corrected chi connectivity index (χ2v) is 13.0. The fraction of sp³-hybridized carbons (Fsp3) is 0.448. The van der Waals surface area contributed by atoms with E-state index in [1.54, 1.807) is 13.3 Å². The smallest absolute Gasteiger partial charge is 0.229 e. The number of aryl methyl sites for hydroxylation is 2. The van der Waals surface area contributed by atoms with Crippen LogP contribution in [0.1, 0.15) is 42.4 Å². The summed E-state index contributed by atoms with van der Waals surface area (Å²) in [6.07, 6.45) is 9.15. The molecule has 1 aliphatic carbocycles. The van der Waals surface area contributed by atoms with Gasteiger partial charge in [-0.3, -0.25) is 0 Å². The molecule has 0 saturated carbocycles. The first-order valence-corrected chi connectivity index (χ1v) is 15.8. The lowest BCUT2D eigenvalue weighted by Gasteiger charge is -2.25. The highest BCUT2D eigenvalue weighted by atomic mass is 35.5. The number of methoxy groups -OCH3 is 1. The molecule has 1 fully saturated rings. The summed E-state index contributed by atoms with van der Waals surface area (Å²) < 4.78 is 5.32. The number of ether oxygens (including phenoxy) is 1. The van der Waals surface area contributed by atoms with Crippen LogP contribution in [-0.2, 0) is 24.2 Å². The van der Waals surface area contributed by atoms with Gasteiger partial charge in [-0.25, -0.2) is 4.98 Å². The summed E-state index contributed by atoms with van der Waals surface area (Å²) >= 11 is 6.51. The molecular formula is C29H37ClN5OP. The Morgan fingerprint density at radius 3 is 2.57 bits per heavy atom. The van der Waals surface area contributed by atoms with Gasteiger partial charge < -0.3 is 20.3 Å². The number of nitrogens with one attached hydrogen (secondary N) is 2. The molecule has 37 heavy (non-hydrogen) atoms. The monoisotopic (exact) mass is 537 g/mol. The van der Waals surface area contributed by atoms with Crippen molar-refractivity contribution < 1.29 is 4.74 Å². The zero-order chi connectivity index (χ0) is 25.8. The van der Waals surface area contributed by atoms with Gasteiger partial charge >= 0.3 is 0 Å². The van der Waals surface area contributed by atoms with Crippen LogP contribution in [0.15, 0.2) is 42.6 Å². The molecule has 2 N–H and O–H groups in total. The largest absolute Gasteiger partial charge is 0.380 e. The molecular weight excluding hydrogens is 501 g/mol. The summed E-state index contributed by atoms with van der Waals surface area (Å²) in [5, 5.41) is 8.61. The molecule has 2 aromatic carbocycles. The quantitative estimate of drug-likeness (QED) is 0.253. The number of hydrogen-bond donors (Lipinski definition) is 2. The first-order valence-electron chi connectivity index (χ1n) is 13.2. The maximum atomic E-state index is 6.51. The summed E-state index contributed by atoms with van der Waals surface area (Å²) in [7, 11) is 1.39. The third-order valence-corrected chi connectivity index (χ3v) is 9.08. The Balaban J connectivity index is 1.31. The number of halogens is 1. The van der Waals surface area contributed by atoms with Crippen LogP contribution in [0, 0.1) is 0 Å². The summed E-state index contributed by atoms with van der Waals surface area (Å²) in [4.78, 5) is 11.9. The van der Waals surface area contributed by atoms with E-state index in [0.29, 0.717) is 23.4 Å². The van der Waals surface area contributed by atoms with E-state index in [0.717, 1.165) is 35.8 Å². The van der Waals surface area contributed by atoms with Gasteiger partial charge in [-0.1, -0.05) is 31.7 Å². The molecule has 0 radical (unpaired) electrons. The van der Waals surface area contributed by atoms with Gasteiger partial charge in [-0.05, 0) is 111 Å². The van der Waals surface area contributed by atoms with E-state index >= 15 is 0 Å². The fourth-order valence-electron chi connectivity index (χ4n) is 5.52. The van der Waals surface area contributed by atoms with Crippen LogP contribution < -0.4 is 15.9 Å². The molecule has 2 aliphatic rings. The SMILES string of the molecule is COCc1ccc(Nc2nc(Nc3ccc4c(c3)CC[C@@H](N3CCCC3)CC4)ncc2Cl)c(P(C)C)c1. The highest BCUT2D eigenvalue weighted by Crippen LogP contribution is 2.33. The van der Waals surface area contributed by atoms with Crippen LogP contribution in [0.4, 0.5) is 23.1 Å². The van der Waals surface area contributed by atoms with Crippen molar-refractivity contribution in [3.63, 3.8) is 0 Å². The summed E-state index contributed by atoms with van der Waals surface area (Å²) in [6, 6.07) is 13.8. The fourth-order valence-corrected chi connectivity index (χ4v) is 6.70. The van der Waals surface area contributed by atoms with Gasteiger partial charge in [-0.2, -0.15) is 4.98 Å². The molecule has 1 aromatic heterocycles. The first-order chi connectivity index (χ1) is 18.0. The molecule has 2 heterocycles. The first kappa shape index (κ1) is 26.4. The Labute approximate surface area is 226 Å². The number of benzene rings is 2. The van der Waals surface area contributed by atoms with Crippen LogP contribution in [0.3, 0.4) is 0 Å². The predicted molar refractivity (Wildman–Crippen MR) is 157 cm³/mol. The van der Waals surface area contributed by atoms with Gasteiger partial charge in [0, 0.05) is 24.5 Å². The van der Waals surface area contributed by atoms with E-state index < -0.39 is 0 Å². The Morgan fingerprint density at radius 2 is 1.81 bits per heavy atom. The second kappa shape index (κ2) is 12.1. The normalized spacial score (nSPS) is 18.0. The number of aromatic nitrogens is 2. The Hall–Kier alpha value is -2.24. The van der Waals surface area contributed by atoms with Crippen molar-refractivity contribution in [1.29, 1.82) is 0 Å². The second-order valence-electron chi connectivity index (χ2n) is 10.3. The maximum absolute atomic E-state index is 6.51. The minimum Gasteiger partial charge on any atom is -0.380 e. The summed E-state index contributed by atoms with van der Waals surface area (Å²) in [5.41, 5.74) is 6.11. The molecule has 6 nitrogen and oxygen atoms in total. The number of anilines is 4. The molecule has 1 atom stereocenters. The average molecular weight is 538 g/mol. The van der Waals surface area contributed by atoms with E-state index in [2.05, 4.69) is 70.2 Å². The molecule has 3 aromatic rings. The minimum absolute atomic E-state index is 0.334. The lowest BCUT2D eigenvalue weighted by atomic mass is 10.0. The molecule has 1 aliphatic heterocycles. The lowest BCUT2D eigenvalue weighted by molar-refractivity contribution is 0.185. The van der Waals surface area contributed by atoms with Crippen LogP contribution in [-0.4, -0.2) is 54.4 Å². The molecule has 0 amide bonds. The van der Waals surface area contributed by atoms with Crippen molar-refractivity contribution in [3.8, 4) is 0 Å². The molecule has 0 bridgehead atoms. The van der Waals surface area contributed by atoms with Gasteiger partial charge in [0.05, 0.1) is 12.8 Å². The number of hydrogen-bond acceptors (Lipinski definition) is 6. The zero-order valence-electron chi connectivity index (χ0n) is 22.1. The number of likely N-dealkylation sites (tertiary alicyclic amines) is 1. The Bertz CT molecular complexity index is 1230. The van der Waals surface area contributed by atoms with Crippen molar-refractivity contribution >= 4 is 48.0 Å². The number of rotatable bonds is 8. The highest BCUT2D eigenvalue weighted by Gasteiger charge is 2.24. The van der Waals surface area contributed by atoms with Gasteiger partial charge in [0.25, 0.3) is 0 Å². The van der Waals surface area contributed by atoms with Crippen molar-refractivity contribution in [2.45, 2.75) is 51.2 Å². The minimum atomic E-state index is -0.334. The van der Waals surface area contributed by atoms with Gasteiger partial charge in [0.2, 0.25) is 5.95 Å². The van der Waals surface area contributed by atoms with Crippen LogP contribution >= 0.6 is 19.5 Å². The molecule has 1 saturated heterocycles. The van der Waals surface area contributed by atoms with E-state index in [-0.39, 0.29) is 7.92 Å². The van der Waals surface area contributed by atoms with E-state index in [1.807, 2.05) is 0 Å². The average Bonchev–Trinajstić information content (AvgIpc) is 3.34. The van der Waals surface area contributed by atoms with E-state index in [9.17, 15) is 0 Å². The summed E-state index contributed by atoms with van der Waals surface area (Å²) in [5.74, 6) is 1.13. The third-order valence-electron chi connectivity index (χ3n) is 7.47. The molecule has 0 spiro atoms. The number of nitrogens with zero attached hydrogens (tertiary/aromatic N) is 3. The third kappa shape index (κ3) is 6.43. The van der Waals surface area contributed by atoms with Crippen molar-refractivity contribution in [2.75, 3.05) is 44.2 Å². The standard InChI is InChI=1S/C29H37ClN5OP/c1-36-19-20-6-13-26(27(16-20)37(2)3)33-28-25(30)18-31-29(34-28)32-23-10-7-21-8-11-24(12-9-22(21)17-23)35-14-4-5-15-35/h6-7,10,13,16-18,24H,4-5,8-9,11-12,14-15,19H2,1-3H3,(H2,31,32,33,34)/t24-/m0/s1. The lowest BCUT2D eigenvalue weighted by Crippen LogP contribution is -2.32. The van der Waals surface area contributed by atoms with Gasteiger partial charge in [0.15, 0.2) is 5.82 Å². The molecule has 5 rings (SSSR count). The molecule has 0 unspecified atom stereocenters. The van der Waals surface area contributed by atoms with Crippen LogP contribution in [0.25, 0.3) is 0 Å². The highest BCUT2D eigenvalue weighted by molar-refractivity contribution is 7.64. The van der Waals surface area contributed by atoms with E-state index in [1.165, 1.54) is 55.2 Å². The summed E-state index contributed by atoms with van der Waals surface area (Å²) in [6.45, 7) is 7.63. The van der Waals surface area contributed by atoms with Crippen LogP contribution in [0.2, 0.25) is 5.02 Å². The zero-order valence-corrected chi connectivity index (χ0v) is 23.7. The van der Waals surface area contributed by atoms with Crippen LogP contribution in [0.5, 0.6) is 0 Å². The van der Waals surface area contributed by atoms with Crippen molar-refractivity contribution in [1.82, 2.24) is 14.9 Å². The van der Waals surface area contributed by atoms with Crippen molar-refractivity contribution in [3.05, 3.63) is 64.3 Å². The van der Waals surface area contributed by atoms with E-state index in [4.69, 9.17) is 21.3 Å². The molecule has 8 heteroatoms. The van der Waals surface area contributed by atoms with Crippen molar-refractivity contribution in [2.24, 2.45) is 0 Å².